The summed E-state index contributed by atoms with van der Waals surface area (Å²) in [6.07, 6.45) is 2.43. The molecule has 0 amide bonds. The molecular formula is C12H17N5O2. The van der Waals surface area contributed by atoms with Gasteiger partial charge in [0.25, 0.3) is 0 Å². The highest BCUT2D eigenvalue weighted by molar-refractivity contribution is 5.16. The summed E-state index contributed by atoms with van der Waals surface area (Å²) in [5.74, 6) is 1.15. The number of hydrogen-bond acceptors (Lipinski definition) is 6. The zero-order valence-corrected chi connectivity index (χ0v) is 11.2. The topological polar surface area (TPSA) is 86.0 Å². The number of hydrogen-bond donors (Lipinski definition) is 1. The van der Waals surface area contributed by atoms with Gasteiger partial charge in [-0.25, -0.2) is 19.6 Å². The average Bonchev–Trinajstić information content (AvgIpc) is 2.87. The van der Waals surface area contributed by atoms with Gasteiger partial charge in [-0.2, -0.15) is 5.10 Å². The van der Waals surface area contributed by atoms with Crippen LogP contribution in [0.1, 0.15) is 37.5 Å². The highest BCUT2D eigenvalue weighted by atomic mass is 16.5. The van der Waals surface area contributed by atoms with Crippen molar-refractivity contribution in [2.24, 2.45) is 0 Å². The molecule has 2 heterocycles. The monoisotopic (exact) mass is 263 g/mol. The van der Waals surface area contributed by atoms with Crippen molar-refractivity contribution in [3.05, 3.63) is 30.2 Å². The van der Waals surface area contributed by atoms with Gasteiger partial charge in [-0.1, -0.05) is 0 Å². The first-order chi connectivity index (χ1) is 9.11. The summed E-state index contributed by atoms with van der Waals surface area (Å²) in [5, 5.41) is 14.3. The molecule has 1 N–H and O–H groups in total. The first-order valence-corrected chi connectivity index (χ1v) is 6.04. The molecule has 0 fully saturated rings. The summed E-state index contributed by atoms with van der Waals surface area (Å²) >= 11 is 0. The van der Waals surface area contributed by atoms with Crippen LogP contribution in [-0.2, 0) is 6.42 Å². The Labute approximate surface area is 111 Å². The second kappa shape index (κ2) is 5.75. The molecule has 2 aromatic rings. The van der Waals surface area contributed by atoms with Gasteiger partial charge in [0, 0.05) is 18.5 Å². The summed E-state index contributed by atoms with van der Waals surface area (Å²) in [4.78, 5) is 12.1. The van der Waals surface area contributed by atoms with E-state index in [0.717, 1.165) is 5.82 Å². The van der Waals surface area contributed by atoms with Gasteiger partial charge in [-0.15, -0.1) is 0 Å². The average molecular weight is 263 g/mol. The number of aromatic nitrogens is 5. The fraction of sp³-hybridized carbons (Fsp3) is 0.500. The maximum atomic E-state index is 10.2. The zero-order valence-electron chi connectivity index (χ0n) is 11.2. The van der Waals surface area contributed by atoms with Gasteiger partial charge in [0.1, 0.15) is 24.6 Å². The number of methoxy groups -OCH3 is 1. The number of nitrogens with zero attached hydrogens (tertiary/aromatic N) is 5. The Morgan fingerprint density at radius 3 is 2.74 bits per heavy atom. The van der Waals surface area contributed by atoms with Crippen LogP contribution in [-0.4, -0.2) is 36.9 Å². The maximum Gasteiger partial charge on any atom is 0.216 e. The molecule has 2 rings (SSSR count). The van der Waals surface area contributed by atoms with Crippen molar-refractivity contribution < 1.29 is 9.84 Å². The van der Waals surface area contributed by atoms with E-state index in [1.54, 1.807) is 10.7 Å². The highest BCUT2D eigenvalue weighted by Gasteiger charge is 2.16. The number of rotatable bonds is 5. The molecule has 0 saturated heterocycles. The van der Waals surface area contributed by atoms with E-state index >= 15 is 0 Å². The first-order valence-electron chi connectivity index (χ1n) is 6.04. The lowest BCUT2D eigenvalue weighted by molar-refractivity contribution is 0.168. The molecule has 0 aromatic carbocycles. The fourth-order valence-electron chi connectivity index (χ4n) is 1.78. The van der Waals surface area contributed by atoms with Gasteiger partial charge in [0.2, 0.25) is 5.88 Å². The van der Waals surface area contributed by atoms with Crippen molar-refractivity contribution >= 4 is 0 Å². The summed E-state index contributed by atoms with van der Waals surface area (Å²) < 4.78 is 6.79. The van der Waals surface area contributed by atoms with Crippen LogP contribution in [0.15, 0.2) is 18.7 Å². The van der Waals surface area contributed by atoms with E-state index in [2.05, 4.69) is 20.1 Å². The molecule has 7 nitrogen and oxygen atoms in total. The number of ether oxygens (including phenoxy) is 1. The molecule has 0 aliphatic carbocycles. The van der Waals surface area contributed by atoms with Gasteiger partial charge in [-0.05, 0) is 13.8 Å². The minimum Gasteiger partial charge on any atom is -0.481 e. The molecule has 0 saturated carbocycles. The molecule has 2 aromatic heterocycles. The highest BCUT2D eigenvalue weighted by Crippen LogP contribution is 2.18. The lowest BCUT2D eigenvalue weighted by Gasteiger charge is -2.13. The standard InChI is InChI=1S/C12H17N5O2/c1-8(2)17-11(14-7-16-17)5-10(18)9-4-12(19-3)15-6-13-9/h4,6-8,10,18H,5H2,1-3H3. The third-order valence-electron chi connectivity index (χ3n) is 2.73. The minimum absolute atomic E-state index is 0.199. The first kappa shape index (κ1) is 13.4. The Bertz CT molecular complexity index is 540. The maximum absolute atomic E-state index is 10.2. The van der Waals surface area contributed by atoms with Crippen LogP contribution < -0.4 is 4.74 Å². The van der Waals surface area contributed by atoms with Crippen molar-refractivity contribution in [2.75, 3.05) is 7.11 Å². The molecule has 1 unspecified atom stereocenters. The van der Waals surface area contributed by atoms with Crippen LogP contribution in [0.2, 0.25) is 0 Å². The Balaban J connectivity index is 2.16. The Kier molecular flexibility index (Phi) is 4.06. The minimum atomic E-state index is -0.765. The van der Waals surface area contributed by atoms with Crippen LogP contribution >= 0.6 is 0 Å². The normalized spacial score (nSPS) is 12.7. The third-order valence-corrected chi connectivity index (χ3v) is 2.73. The summed E-state index contributed by atoms with van der Waals surface area (Å²) in [6, 6.07) is 1.81. The molecule has 102 valence electrons. The van der Waals surface area contributed by atoms with E-state index in [1.807, 2.05) is 13.8 Å². The molecule has 0 radical (unpaired) electrons. The van der Waals surface area contributed by atoms with E-state index in [0.29, 0.717) is 18.0 Å². The van der Waals surface area contributed by atoms with E-state index in [1.165, 1.54) is 19.8 Å². The van der Waals surface area contributed by atoms with Gasteiger partial charge in [0.15, 0.2) is 0 Å². The number of aliphatic hydroxyl groups excluding tert-OH is 1. The largest absolute Gasteiger partial charge is 0.481 e. The summed E-state index contributed by atoms with van der Waals surface area (Å²) in [6.45, 7) is 4.02. The smallest absolute Gasteiger partial charge is 0.216 e. The van der Waals surface area contributed by atoms with Gasteiger partial charge in [-0.3, -0.25) is 0 Å². The Morgan fingerprint density at radius 1 is 1.26 bits per heavy atom. The predicted octanol–water partition coefficient (Wildman–Crippen LogP) is 0.934. The molecule has 1 atom stereocenters. The molecule has 0 aliphatic rings. The van der Waals surface area contributed by atoms with Crippen LogP contribution in [0.3, 0.4) is 0 Å². The van der Waals surface area contributed by atoms with Crippen LogP contribution in [0.4, 0.5) is 0 Å². The molecule has 0 bridgehead atoms. The van der Waals surface area contributed by atoms with E-state index in [9.17, 15) is 5.11 Å². The lowest BCUT2D eigenvalue weighted by atomic mass is 10.1. The van der Waals surface area contributed by atoms with Crippen LogP contribution in [0.25, 0.3) is 0 Å². The van der Waals surface area contributed by atoms with Crippen molar-refractivity contribution in [2.45, 2.75) is 32.4 Å². The van der Waals surface area contributed by atoms with Gasteiger partial charge in [0.05, 0.1) is 12.8 Å². The fourth-order valence-corrected chi connectivity index (χ4v) is 1.78. The molecule has 19 heavy (non-hydrogen) atoms. The Morgan fingerprint density at radius 2 is 2.05 bits per heavy atom. The molecular weight excluding hydrogens is 246 g/mol. The third kappa shape index (κ3) is 3.05. The van der Waals surface area contributed by atoms with Gasteiger partial charge >= 0.3 is 0 Å². The van der Waals surface area contributed by atoms with Crippen molar-refractivity contribution in [3.63, 3.8) is 0 Å². The predicted molar refractivity (Wildman–Crippen MR) is 67.7 cm³/mol. The van der Waals surface area contributed by atoms with Gasteiger partial charge < -0.3 is 9.84 Å². The Hall–Kier alpha value is -2.02. The number of aliphatic hydroxyl groups is 1. The van der Waals surface area contributed by atoms with Crippen LogP contribution in [0.5, 0.6) is 5.88 Å². The molecule has 0 spiro atoms. The van der Waals surface area contributed by atoms with Crippen molar-refractivity contribution in [1.29, 1.82) is 0 Å². The zero-order chi connectivity index (χ0) is 13.8. The second-order valence-electron chi connectivity index (χ2n) is 4.42. The SMILES string of the molecule is COc1cc(C(O)Cc2ncnn2C(C)C)ncn1. The van der Waals surface area contributed by atoms with E-state index < -0.39 is 6.10 Å². The van der Waals surface area contributed by atoms with Crippen molar-refractivity contribution in [3.8, 4) is 5.88 Å². The van der Waals surface area contributed by atoms with E-state index in [4.69, 9.17) is 4.74 Å². The van der Waals surface area contributed by atoms with E-state index in [-0.39, 0.29) is 6.04 Å². The second-order valence-corrected chi connectivity index (χ2v) is 4.42. The summed E-state index contributed by atoms with van der Waals surface area (Å²) in [7, 11) is 1.52. The van der Waals surface area contributed by atoms with Crippen LogP contribution in [0, 0.1) is 0 Å². The van der Waals surface area contributed by atoms with Crippen molar-refractivity contribution in [1.82, 2.24) is 24.7 Å². The quantitative estimate of drug-likeness (QED) is 0.863. The summed E-state index contributed by atoms with van der Waals surface area (Å²) in [5.41, 5.74) is 0.505. The lowest BCUT2D eigenvalue weighted by Crippen LogP contribution is -2.13. The molecule has 7 heteroatoms. The molecule has 0 aliphatic heterocycles.